The fourth-order valence-electron chi connectivity index (χ4n) is 3.23. The van der Waals surface area contributed by atoms with Crippen LogP contribution in [0.4, 0.5) is 10.8 Å². The van der Waals surface area contributed by atoms with E-state index in [1.165, 1.54) is 11.2 Å². The molecule has 4 aromatic rings. The van der Waals surface area contributed by atoms with Gasteiger partial charge in [0.15, 0.2) is 0 Å². The molecule has 0 amide bonds. The van der Waals surface area contributed by atoms with E-state index in [0.29, 0.717) is 0 Å². The lowest BCUT2D eigenvalue weighted by molar-refractivity contribution is -0.660. The van der Waals surface area contributed by atoms with Crippen molar-refractivity contribution in [1.29, 1.82) is 0 Å². The number of aromatic nitrogens is 2. The van der Waals surface area contributed by atoms with Crippen LogP contribution in [-0.2, 0) is 13.6 Å². The molecule has 6 heteroatoms. The molecule has 0 spiro atoms. The fraction of sp³-hybridized carbons (Fsp3) is 0.190. The van der Waals surface area contributed by atoms with Gasteiger partial charge >= 0.3 is 5.13 Å². The first-order chi connectivity index (χ1) is 12.7. The van der Waals surface area contributed by atoms with Crippen LogP contribution in [0.15, 0.2) is 70.2 Å². The summed E-state index contributed by atoms with van der Waals surface area (Å²) in [6.07, 6.45) is 0. The van der Waals surface area contributed by atoms with Gasteiger partial charge < -0.3 is 21.5 Å². The summed E-state index contributed by atoms with van der Waals surface area (Å²) >= 11 is 1.61. The number of benzene rings is 2. The molecular weight excluding hydrogens is 420 g/mol. The molecular formula is C21H21BrN4S. The molecule has 0 atom stereocenters. The van der Waals surface area contributed by atoms with Crippen molar-refractivity contribution in [3.05, 3.63) is 65.7 Å². The van der Waals surface area contributed by atoms with Gasteiger partial charge in [0.05, 0.1) is 23.4 Å². The third-order valence-electron chi connectivity index (χ3n) is 4.69. The normalized spacial score (nSPS) is 11.2. The first-order valence-corrected chi connectivity index (χ1v) is 9.61. The Morgan fingerprint density at radius 1 is 1.00 bits per heavy atom. The van der Waals surface area contributed by atoms with Crippen molar-refractivity contribution in [2.24, 2.45) is 17.3 Å². The van der Waals surface area contributed by atoms with Crippen molar-refractivity contribution >= 4 is 33.1 Å². The Balaban J connectivity index is 0.00000210. The second kappa shape index (κ2) is 8.15. The maximum atomic E-state index is 4.72. The van der Waals surface area contributed by atoms with Gasteiger partial charge in [-0.25, -0.2) is 4.57 Å². The average molecular weight is 441 g/mol. The quantitative estimate of drug-likeness (QED) is 0.345. The van der Waals surface area contributed by atoms with E-state index in [2.05, 4.69) is 82.0 Å². The summed E-state index contributed by atoms with van der Waals surface area (Å²) < 4.78 is 4.38. The first-order valence-electron chi connectivity index (χ1n) is 8.73. The molecule has 0 aliphatic heterocycles. The van der Waals surface area contributed by atoms with Gasteiger partial charge in [0.25, 0.3) is 0 Å². The molecule has 2 aromatic heterocycles. The Bertz CT molecular complexity index is 1100. The van der Waals surface area contributed by atoms with E-state index >= 15 is 0 Å². The summed E-state index contributed by atoms with van der Waals surface area (Å²) in [5, 5.41) is 13.4. The summed E-state index contributed by atoms with van der Waals surface area (Å²) in [5.74, 6) is 0. The molecule has 0 N–H and O–H groups in total. The minimum atomic E-state index is 0. The van der Waals surface area contributed by atoms with Crippen LogP contribution in [0, 0.1) is 6.92 Å². The molecule has 0 saturated carbocycles. The lowest BCUT2D eigenvalue weighted by Gasteiger charge is -2.08. The summed E-state index contributed by atoms with van der Waals surface area (Å²) in [5.41, 5.74) is 5.58. The molecule has 2 heterocycles. The van der Waals surface area contributed by atoms with E-state index in [-0.39, 0.29) is 17.0 Å². The van der Waals surface area contributed by atoms with Crippen molar-refractivity contribution < 1.29 is 21.5 Å². The molecule has 2 aromatic carbocycles. The molecule has 0 radical (unpaired) electrons. The zero-order chi connectivity index (χ0) is 18.1. The lowest BCUT2D eigenvalue weighted by Crippen LogP contribution is -3.00. The minimum Gasteiger partial charge on any atom is -1.00 e. The third kappa shape index (κ3) is 3.47. The number of thiazole rings is 1. The maximum Gasteiger partial charge on any atom is 0.408 e. The number of hydrogen-bond acceptors (Lipinski definition) is 3. The monoisotopic (exact) mass is 440 g/mol. The van der Waals surface area contributed by atoms with E-state index in [4.69, 9.17) is 5.11 Å². The first kappa shape index (κ1) is 19.5. The second-order valence-corrected chi connectivity index (χ2v) is 7.08. The highest BCUT2D eigenvalue weighted by atomic mass is 79.9. The molecule has 27 heavy (non-hydrogen) atoms. The largest absolute Gasteiger partial charge is 1.00 e. The molecule has 0 unspecified atom stereocenters. The molecule has 0 fully saturated rings. The van der Waals surface area contributed by atoms with Crippen LogP contribution in [0.2, 0.25) is 0 Å². The van der Waals surface area contributed by atoms with Crippen molar-refractivity contribution in [1.82, 2.24) is 4.57 Å². The number of aryl methyl sites for hydroxylation is 2. The smallest absolute Gasteiger partial charge is 0.408 e. The fourth-order valence-corrected chi connectivity index (χ4v) is 4.06. The SMILES string of the molecule is CCn1c(-c2ccccc2)c(N=Nc2scc(C)[n+]2C)c2ccccc21.[Br-]. The Kier molecular flexibility index (Phi) is 5.87. The van der Waals surface area contributed by atoms with Gasteiger partial charge in [-0.05, 0) is 36.4 Å². The van der Waals surface area contributed by atoms with Gasteiger partial charge in [0.1, 0.15) is 11.4 Å². The lowest BCUT2D eigenvalue weighted by atomic mass is 10.1. The maximum absolute atomic E-state index is 4.72. The van der Waals surface area contributed by atoms with Crippen molar-refractivity contribution in [2.45, 2.75) is 20.4 Å². The Morgan fingerprint density at radius 2 is 1.70 bits per heavy atom. The Labute approximate surface area is 173 Å². The standard InChI is InChI=1S/C21H21N4S.BrH/c1-4-25-18-13-9-8-12-17(18)19(20(25)16-10-6-5-7-11-16)22-23-21-24(3)15(2)14-26-21;/h5-14H,4H2,1-3H3;1H/q+1;/p-1. The number of para-hydroxylation sites is 1. The van der Waals surface area contributed by atoms with Gasteiger partial charge in [0, 0.05) is 22.9 Å². The summed E-state index contributed by atoms with van der Waals surface area (Å²) in [7, 11) is 2.02. The van der Waals surface area contributed by atoms with Crippen LogP contribution < -0.4 is 21.5 Å². The van der Waals surface area contributed by atoms with Gasteiger partial charge in [-0.3, -0.25) is 0 Å². The van der Waals surface area contributed by atoms with Crippen molar-refractivity contribution in [3.8, 4) is 11.3 Å². The van der Waals surface area contributed by atoms with E-state index in [0.717, 1.165) is 34.0 Å². The number of rotatable bonds is 4. The van der Waals surface area contributed by atoms with Gasteiger partial charge in [0.2, 0.25) is 0 Å². The summed E-state index contributed by atoms with van der Waals surface area (Å²) in [6.45, 7) is 5.13. The topological polar surface area (TPSA) is 33.5 Å². The van der Waals surface area contributed by atoms with E-state index in [9.17, 15) is 0 Å². The minimum absolute atomic E-state index is 0. The number of hydrogen-bond donors (Lipinski definition) is 0. The molecule has 4 nitrogen and oxygen atoms in total. The number of nitrogens with zero attached hydrogens (tertiary/aromatic N) is 4. The predicted molar refractivity (Wildman–Crippen MR) is 107 cm³/mol. The van der Waals surface area contributed by atoms with Crippen LogP contribution in [0.3, 0.4) is 0 Å². The highest BCUT2D eigenvalue weighted by molar-refractivity contribution is 7.12. The number of fused-ring (bicyclic) bond motifs is 1. The van der Waals surface area contributed by atoms with Crippen LogP contribution in [-0.4, -0.2) is 4.57 Å². The van der Waals surface area contributed by atoms with Crippen LogP contribution in [0.1, 0.15) is 12.6 Å². The van der Waals surface area contributed by atoms with E-state index in [1.807, 2.05) is 13.1 Å². The highest BCUT2D eigenvalue weighted by Crippen LogP contribution is 2.40. The van der Waals surface area contributed by atoms with Gasteiger partial charge in [-0.15, -0.1) is 0 Å². The highest BCUT2D eigenvalue weighted by Gasteiger charge is 2.20. The number of azo groups is 1. The Hall–Kier alpha value is -2.31. The van der Waals surface area contributed by atoms with Crippen molar-refractivity contribution in [3.63, 3.8) is 0 Å². The summed E-state index contributed by atoms with van der Waals surface area (Å²) in [6, 6.07) is 18.9. The second-order valence-electron chi connectivity index (χ2n) is 6.24. The zero-order valence-electron chi connectivity index (χ0n) is 15.6. The van der Waals surface area contributed by atoms with Crippen molar-refractivity contribution in [2.75, 3.05) is 0 Å². The molecule has 138 valence electrons. The van der Waals surface area contributed by atoms with Gasteiger partial charge in [-0.2, -0.15) is 0 Å². The average Bonchev–Trinajstić information content (AvgIpc) is 3.18. The molecule has 0 aliphatic rings. The van der Waals surface area contributed by atoms with Crippen LogP contribution in [0.25, 0.3) is 22.2 Å². The molecule has 0 bridgehead atoms. The molecule has 0 aliphatic carbocycles. The Morgan fingerprint density at radius 3 is 2.37 bits per heavy atom. The third-order valence-corrected chi connectivity index (χ3v) is 5.72. The molecule has 0 saturated heterocycles. The van der Waals surface area contributed by atoms with E-state index < -0.39 is 0 Å². The zero-order valence-corrected chi connectivity index (χ0v) is 18.0. The van der Waals surface area contributed by atoms with E-state index in [1.54, 1.807) is 11.3 Å². The van der Waals surface area contributed by atoms with Crippen LogP contribution >= 0.6 is 11.3 Å². The predicted octanol–water partition coefficient (Wildman–Crippen LogP) is 2.94. The summed E-state index contributed by atoms with van der Waals surface area (Å²) in [4.78, 5) is 0. The van der Waals surface area contributed by atoms with Gasteiger partial charge in [-0.1, -0.05) is 48.5 Å². The number of halogens is 1. The van der Waals surface area contributed by atoms with Crippen LogP contribution in [0.5, 0.6) is 0 Å². The molecule has 4 rings (SSSR count).